The lowest BCUT2D eigenvalue weighted by molar-refractivity contribution is 0.0478. The molecule has 3 heteroatoms. The third kappa shape index (κ3) is 2.16. The van der Waals surface area contributed by atoms with E-state index >= 15 is 0 Å². The number of hydrogen-bond donors (Lipinski definition) is 1. The van der Waals surface area contributed by atoms with E-state index in [-0.39, 0.29) is 0 Å². The zero-order valence-corrected chi connectivity index (χ0v) is 9.57. The third-order valence-corrected chi connectivity index (χ3v) is 3.42. The molecule has 76 valence electrons. The first-order valence-electron chi connectivity index (χ1n) is 4.86. The average Bonchev–Trinajstić information content (AvgIpc) is 2.13. The molecule has 2 rings (SSSR count). The van der Waals surface area contributed by atoms with E-state index in [1.54, 1.807) is 0 Å². The van der Waals surface area contributed by atoms with Gasteiger partial charge in [-0.2, -0.15) is 0 Å². The van der Waals surface area contributed by atoms with Crippen LogP contribution in [0.15, 0.2) is 28.7 Å². The molecule has 0 radical (unpaired) electrons. The van der Waals surface area contributed by atoms with Gasteiger partial charge < -0.3 is 5.11 Å². The molecule has 0 spiro atoms. The van der Waals surface area contributed by atoms with E-state index < -0.39 is 0 Å². The molecule has 0 aromatic heterocycles. The fourth-order valence-corrected chi connectivity index (χ4v) is 2.20. The molecule has 0 amide bonds. The SMILES string of the molecule is OCC1CN(Cc2ccccc2Br)C1. The zero-order valence-electron chi connectivity index (χ0n) is 7.99. The Morgan fingerprint density at radius 3 is 2.71 bits per heavy atom. The standard InChI is InChI=1S/C11H14BrNO/c12-11-4-2-1-3-10(11)7-13-5-9(6-13)8-14/h1-4,9,14H,5-8H2. The zero-order chi connectivity index (χ0) is 9.97. The maximum atomic E-state index is 8.89. The Morgan fingerprint density at radius 1 is 1.36 bits per heavy atom. The van der Waals surface area contributed by atoms with Crippen LogP contribution in [0.5, 0.6) is 0 Å². The molecular formula is C11H14BrNO. The number of hydrogen-bond acceptors (Lipinski definition) is 2. The molecule has 2 nitrogen and oxygen atoms in total. The lowest BCUT2D eigenvalue weighted by Crippen LogP contribution is -2.47. The molecule has 0 saturated carbocycles. The molecule has 1 saturated heterocycles. The average molecular weight is 256 g/mol. The van der Waals surface area contributed by atoms with E-state index in [4.69, 9.17) is 5.11 Å². The molecule has 1 aliphatic rings. The normalized spacial score (nSPS) is 18.1. The van der Waals surface area contributed by atoms with Crippen molar-refractivity contribution in [3.63, 3.8) is 0 Å². The van der Waals surface area contributed by atoms with Crippen molar-refractivity contribution in [1.82, 2.24) is 4.90 Å². The molecule has 1 aromatic carbocycles. The minimum atomic E-state index is 0.326. The van der Waals surface area contributed by atoms with Gasteiger partial charge in [-0.15, -0.1) is 0 Å². The Hall–Kier alpha value is -0.380. The smallest absolute Gasteiger partial charge is 0.0483 e. The molecule has 1 aromatic rings. The van der Waals surface area contributed by atoms with Gasteiger partial charge in [0.2, 0.25) is 0 Å². The van der Waals surface area contributed by atoms with Crippen LogP contribution >= 0.6 is 15.9 Å². The van der Waals surface area contributed by atoms with Gasteiger partial charge in [-0.1, -0.05) is 34.1 Å². The van der Waals surface area contributed by atoms with E-state index in [2.05, 4.69) is 39.0 Å². The molecule has 1 fully saturated rings. The minimum Gasteiger partial charge on any atom is -0.396 e. The van der Waals surface area contributed by atoms with Crippen molar-refractivity contribution in [1.29, 1.82) is 0 Å². The summed E-state index contributed by atoms with van der Waals surface area (Å²) in [4.78, 5) is 2.35. The summed E-state index contributed by atoms with van der Waals surface area (Å²) in [7, 11) is 0. The van der Waals surface area contributed by atoms with E-state index in [0.29, 0.717) is 12.5 Å². The maximum Gasteiger partial charge on any atom is 0.0483 e. The van der Waals surface area contributed by atoms with Crippen molar-refractivity contribution in [2.24, 2.45) is 5.92 Å². The van der Waals surface area contributed by atoms with Crippen molar-refractivity contribution >= 4 is 15.9 Å². The number of benzene rings is 1. The Balaban J connectivity index is 1.90. The molecule has 14 heavy (non-hydrogen) atoms. The molecule has 0 bridgehead atoms. The van der Waals surface area contributed by atoms with Gasteiger partial charge in [0.05, 0.1) is 0 Å². The highest BCUT2D eigenvalue weighted by molar-refractivity contribution is 9.10. The van der Waals surface area contributed by atoms with Crippen LogP contribution in [0.25, 0.3) is 0 Å². The van der Waals surface area contributed by atoms with Crippen LogP contribution in [0, 0.1) is 5.92 Å². The van der Waals surface area contributed by atoms with E-state index in [0.717, 1.165) is 19.6 Å². The summed E-state index contributed by atoms with van der Waals surface area (Å²) in [5, 5.41) is 8.89. The third-order valence-electron chi connectivity index (χ3n) is 2.64. The fourth-order valence-electron chi connectivity index (χ4n) is 1.79. The maximum absolute atomic E-state index is 8.89. The summed E-state index contributed by atoms with van der Waals surface area (Å²) in [5.41, 5.74) is 1.32. The van der Waals surface area contributed by atoms with Crippen LogP contribution in [0.2, 0.25) is 0 Å². The summed E-state index contributed by atoms with van der Waals surface area (Å²) >= 11 is 3.53. The topological polar surface area (TPSA) is 23.5 Å². The monoisotopic (exact) mass is 255 g/mol. The second-order valence-corrected chi connectivity index (χ2v) is 4.69. The molecule has 0 aliphatic carbocycles. The molecule has 1 aliphatic heterocycles. The highest BCUT2D eigenvalue weighted by Gasteiger charge is 2.25. The second kappa shape index (κ2) is 4.43. The summed E-state index contributed by atoms with van der Waals surface area (Å²) in [6, 6.07) is 8.29. The Morgan fingerprint density at radius 2 is 2.07 bits per heavy atom. The van der Waals surface area contributed by atoms with Crippen molar-refractivity contribution in [3.05, 3.63) is 34.3 Å². The first-order valence-corrected chi connectivity index (χ1v) is 5.65. The lowest BCUT2D eigenvalue weighted by Gasteiger charge is -2.38. The van der Waals surface area contributed by atoms with Crippen LogP contribution in [-0.2, 0) is 6.54 Å². The van der Waals surface area contributed by atoms with Gasteiger partial charge in [0.25, 0.3) is 0 Å². The number of halogens is 1. The highest BCUT2D eigenvalue weighted by atomic mass is 79.9. The number of aliphatic hydroxyl groups is 1. The first kappa shape index (κ1) is 10.1. The predicted molar refractivity (Wildman–Crippen MR) is 60.0 cm³/mol. The molecule has 1 heterocycles. The van der Waals surface area contributed by atoms with Crippen LogP contribution < -0.4 is 0 Å². The fraction of sp³-hybridized carbons (Fsp3) is 0.455. The van der Waals surface area contributed by atoms with Crippen molar-refractivity contribution in [3.8, 4) is 0 Å². The Bertz CT molecular complexity index is 310. The van der Waals surface area contributed by atoms with Crippen molar-refractivity contribution in [2.45, 2.75) is 6.54 Å². The van der Waals surface area contributed by atoms with Gasteiger partial charge in [0, 0.05) is 36.6 Å². The van der Waals surface area contributed by atoms with E-state index in [1.165, 1.54) is 10.0 Å². The highest BCUT2D eigenvalue weighted by Crippen LogP contribution is 2.22. The van der Waals surface area contributed by atoms with Gasteiger partial charge in [0.15, 0.2) is 0 Å². The molecule has 0 unspecified atom stereocenters. The van der Waals surface area contributed by atoms with Crippen molar-refractivity contribution in [2.75, 3.05) is 19.7 Å². The largest absolute Gasteiger partial charge is 0.396 e. The first-order chi connectivity index (χ1) is 6.79. The van der Waals surface area contributed by atoms with Gasteiger partial charge in [-0.3, -0.25) is 4.90 Å². The number of likely N-dealkylation sites (tertiary alicyclic amines) is 1. The van der Waals surface area contributed by atoms with Crippen LogP contribution in [-0.4, -0.2) is 29.7 Å². The van der Waals surface area contributed by atoms with E-state index in [1.807, 2.05) is 6.07 Å². The predicted octanol–water partition coefficient (Wildman–Crippen LogP) is 1.87. The summed E-state index contributed by atoms with van der Waals surface area (Å²) in [6.07, 6.45) is 0. The number of nitrogens with zero attached hydrogens (tertiary/aromatic N) is 1. The van der Waals surface area contributed by atoms with Crippen LogP contribution in [0.3, 0.4) is 0 Å². The summed E-state index contributed by atoms with van der Waals surface area (Å²) < 4.78 is 1.17. The Kier molecular flexibility index (Phi) is 3.21. The van der Waals surface area contributed by atoms with Gasteiger partial charge in [0.1, 0.15) is 0 Å². The summed E-state index contributed by atoms with van der Waals surface area (Å²) in [6.45, 7) is 3.36. The van der Waals surface area contributed by atoms with Crippen LogP contribution in [0.4, 0.5) is 0 Å². The minimum absolute atomic E-state index is 0.326. The van der Waals surface area contributed by atoms with Crippen molar-refractivity contribution < 1.29 is 5.11 Å². The lowest BCUT2D eigenvalue weighted by atomic mass is 10.0. The van der Waals surface area contributed by atoms with E-state index in [9.17, 15) is 0 Å². The van der Waals surface area contributed by atoms with Gasteiger partial charge in [-0.05, 0) is 11.6 Å². The Labute approximate surface area is 92.7 Å². The second-order valence-electron chi connectivity index (χ2n) is 3.83. The number of aliphatic hydroxyl groups excluding tert-OH is 1. The quantitative estimate of drug-likeness (QED) is 0.892. The molecule has 1 N–H and O–H groups in total. The van der Waals surface area contributed by atoms with Crippen LogP contribution in [0.1, 0.15) is 5.56 Å². The molecule has 0 atom stereocenters. The molecular weight excluding hydrogens is 242 g/mol. The van der Waals surface area contributed by atoms with Gasteiger partial charge >= 0.3 is 0 Å². The van der Waals surface area contributed by atoms with Gasteiger partial charge in [-0.25, -0.2) is 0 Å². The number of rotatable bonds is 3. The summed E-state index contributed by atoms with van der Waals surface area (Å²) in [5.74, 6) is 0.498.